The second kappa shape index (κ2) is 5.40. The zero-order valence-electron chi connectivity index (χ0n) is 10.4. The van der Waals surface area contributed by atoms with Crippen LogP contribution in [0.25, 0.3) is 17.0 Å². The molecule has 2 aromatic rings. The molecule has 0 bridgehead atoms. The number of hydrogen-bond donors (Lipinski definition) is 1. The molecule has 0 saturated carbocycles. The van der Waals surface area contributed by atoms with Crippen molar-refractivity contribution in [1.82, 2.24) is 4.98 Å². The van der Waals surface area contributed by atoms with Crippen LogP contribution in [0.15, 0.2) is 30.3 Å². The van der Waals surface area contributed by atoms with Gasteiger partial charge in [0.25, 0.3) is 0 Å². The molecule has 0 aliphatic carbocycles. The number of carbonyl (C=O) groups excluding carboxylic acids is 1. The molecule has 1 aromatic carbocycles. The first-order chi connectivity index (χ1) is 8.72. The van der Waals surface area contributed by atoms with Crippen LogP contribution in [0.2, 0.25) is 0 Å². The molecule has 0 atom stereocenters. The van der Waals surface area contributed by atoms with Crippen molar-refractivity contribution >= 4 is 22.9 Å². The number of rotatable bonds is 4. The maximum absolute atomic E-state index is 11.2. The topological polar surface area (TPSA) is 51.3 Å². The number of fused-ring (bicyclic) bond motifs is 1. The maximum Gasteiger partial charge on any atom is 0.330 e. The first kappa shape index (κ1) is 12.2. The van der Waals surface area contributed by atoms with E-state index in [0.717, 1.165) is 22.3 Å². The van der Waals surface area contributed by atoms with Crippen LogP contribution in [-0.2, 0) is 9.53 Å². The highest BCUT2D eigenvalue weighted by Gasteiger charge is 2.01. The molecule has 94 valence electrons. The number of H-pyrrole nitrogens is 1. The molecule has 0 saturated heterocycles. The van der Waals surface area contributed by atoms with Gasteiger partial charge in [-0.05, 0) is 37.3 Å². The molecular weight excluding hydrogens is 230 g/mol. The van der Waals surface area contributed by atoms with Gasteiger partial charge in [0.1, 0.15) is 5.75 Å². The summed E-state index contributed by atoms with van der Waals surface area (Å²) in [5.41, 5.74) is 1.85. The first-order valence-electron chi connectivity index (χ1n) is 5.74. The molecule has 4 nitrogen and oxygen atoms in total. The van der Waals surface area contributed by atoms with Gasteiger partial charge in [-0.1, -0.05) is 0 Å². The third-order valence-electron chi connectivity index (χ3n) is 2.53. The summed E-state index contributed by atoms with van der Waals surface area (Å²) in [6.45, 7) is 2.16. The van der Waals surface area contributed by atoms with E-state index in [4.69, 9.17) is 9.47 Å². The second-order valence-corrected chi connectivity index (χ2v) is 3.76. The molecule has 1 aromatic heterocycles. The molecule has 0 radical (unpaired) electrons. The predicted octanol–water partition coefficient (Wildman–Crippen LogP) is 2.75. The fourth-order valence-corrected chi connectivity index (χ4v) is 1.70. The second-order valence-electron chi connectivity index (χ2n) is 3.76. The molecule has 0 fully saturated rings. The van der Waals surface area contributed by atoms with Crippen molar-refractivity contribution in [2.75, 3.05) is 13.7 Å². The Kier molecular flexibility index (Phi) is 3.67. The van der Waals surface area contributed by atoms with Gasteiger partial charge < -0.3 is 14.5 Å². The van der Waals surface area contributed by atoms with E-state index in [9.17, 15) is 4.79 Å². The monoisotopic (exact) mass is 245 g/mol. The molecule has 1 heterocycles. The lowest BCUT2D eigenvalue weighted by molar-refractivity contribution is -0.137. The summed E-state index contributed by atoms with van der Waals surface area (Å²) in [7, 11) is 1.63. The predicted molar refractivity (Wildman–Crippen MR) is 70.5 cm³/mol. The summed E-state index contributed by atoms with van der Waals surface area (Å²) in [5, 5.41) is 1.04. The number of esters is 1. The summed E-state index contributed by atoms with van der Waals surface area (Å²) < 4.78 is 9.97. The summed E-state index contributed by atoms with van der Waals surface area (Å²) in [6, 6.07) is 7.72. The van der Waals surface area contributed by atoms with E-state index in [-0.39, 0.29) is 5.97 Å². The minimum atomic E-state index is -0.339. The van der Waals surface area contributed by atoms with Gasteiger partial charge in [0, 0.05) is 22.7 Å². The summed E-state index contributed by atoms with van der Waals surface area (Å²) in [5.74, 6) is 0.469. The normalized spacial score (nSPS) is 11.0. The van der Waals surface area contributed by atoms with Crippen LogP contribution in [0.1, 0.15) is 12.6 Å². The summed E-state index contributed by atoms with van der Waals surface area (Å²) in [6.07, 6.45) is 3.11. The van der Waals surface area contributed by atoms with Gasteiger partial charge in [0.05, 0.1) is 13.7 Å². The van der Waals surface area contributed by atoms with Crippen molar-refractivity contribution in [3.63, 3.8) is 0 Å². The third-order valence-corrected chi connectivity index (χ3v) is 2.53. The Bertz CT molecular complexity index is 584. The zero-order valence-corrected chi connectivity index (χ0v) is 10.4. The maximum atomic E-state index is 11.2. The van der Waals surface area contributed by atoms with Gasteiger partial charge in [-0.25, -0.2) is 4.79 Å². The van der Waals surface area contributed by atoms with Gasteiger partial charge in [-0.2, -0.15) is 0 Å². The highest BCUT2D eigenvalue weighted by molar-refractivity contribution is 5.89. The van der Waals surface area contributed by atoms with E-state index in [1.165, 1.54) is 6.08 Å². The lowest BCUT2D eigenvalue weighted by atomic mass is 10.2. The molecule has 2 rings (SSSR count). The minimum absolute atomic E-state index is 0.339. The van der Waals surface area contributed by atoms with E-state index in [2.05, 4.69) is 4.98 Å². The Labute approximate surface area is 105 Å². The third kappa shape index (κ3) is 2.71. The van der Waals surface area contributed by atoms with Crippen molar-refractivity contribution in [2.45, 2.75) is 6.92 Å². The Morgan fingerprint density at radius 1 is 1.39 bits per heavy atom. The van der Waals surface area contributed by atoms with E-state index >= 15 is 0 Å². The van der Waals surface area contributed by atoms with Crippen LogP contribution < -0.4 is 4.74 Å². The Hall–Kier alpha value is -2.23. The van der Waals surface area contributed by atoms with Gasteiger partial charge in [-0.3, -0.25) is 0 Å². The Balaban J connectivity index is 2.22. The average molecular weight is 245 g/mol. The SMILES string of the molecule is CCOC(=O)/C=C\c1cc2cc(OC)ccc2[nH]1. The molecular formula is C14H15NO3. The number of benzene rings is 1. The molecule has 0 amide bonds. The van der Waals surface area contributed by atoms with E-state index in [0.29, 0.717) is 6.61 Å². The summed E-state index contributed by atoms with van der Waals surface area (Å²) >= 11 is 0. The van der Waals surface area contributed by atoms with Crippen molar-refractivity contribution in [2.24, 2.45) is 0 Å². The van der Waals surface area contributed by atoms with E-state index in [1.807, 2.05) is 24.3 Å². The smallest absolute Gasteiger partial charge is 0.330 e. The van der Waals surface area contributed by atoms with Crippen molar-refractivity contribution < 1.29 is 14.3 Å². The standard InChI is InChI=1S/C14H15NO3/c1-3-18-14(16)7-4-11-8-10-9-12(17-2)5-6-13(10)15-11/h4-9,15H,3H2,1-2H3/b7-4-. The van der Waals surface area contributed by atoms with Gasteiger partial charge in [-0.15, -0.1) is 0 Å². The molecule has 18 heavy (non-hydrogen) atoms. The highest BCUT2D eigenvalue weighted by atomic mass is 16.5. The number of aromatic amines is 1. The molecule has 0 aliphatic rings. The lowest BCUT2D eigenvalue weighted by Gasteiger charge is -1.97. The first-order valence-corrected chi connectivity index (χ1v) is 5.74. The Morgan fingerprint density at radius 3 is 2.94 bits per heavy atom. The number of aromatic nitrogens is 1. The van der Waals surface area contributed by atoms with E-state index < -0.39 is 0 Å². The average Bonchev–Trinajstić information content (AvgIpc) is 2.78. The lowest BCUT2D eigenvalue weighted by Crippen LogP contribution is -1.98. The van der Waals surface area contributed by atoms with Gasteiger partial charge in [0.2, 0.25) is 0 Å². The number of carbonyl (C=O) groups is 1. The molecule has 1 N–H and O–H groups in total. The van der Waals surface area contributed by atoms with Crippen molar-refractivity contribution in [3.8, 4) is 5.75 Å². The van der Waals surface area contributed by atoms with Gasteiger partial charge in [0.15, 0.2) is 0 Å². The summed E-state index contributed by atoms with van der Waals surface area (Å²) in [4.78, 5) is 14.4. The fourth-order valence-electron chi connectivity index (χ4n) is 1.70. The number of methoxy groups -OCH3 is 1. The number of ether oxygens (including phenoxy) is 2. The minimum Gasteiger partial charge on any atom is -0.497 e. The quantitative estimate of drug-likeness (QED) is 0.665. The van der Waals surface area contributed by atoms with Crippen LogP contribution in [0, 0.1) is 0 Å². The fraction of sp³-hybridized carbons (Fsp3) is 0.214. The molecule has 0 spiro atoms. The van der Waals surface area contributed by atoms with E-state index in [1.54, 1.807) is 20.1 Å². The van der Waals surface area contributed by atoms with Gasteiger partial charge >= 0.3 is 5.97 Å². The molecule has 4 heteroatoms. The largest absolute Gasteiger partial charge is 0.497 e. The van der Waals surface area contributed by atoms with Crippen molar-refractivity contribution in [1.29, 1.82) is 0 Å². The van der Waals surface area contributed by atoms with Crippen molar-refractivity contribution in [3.05, 3.63) is 36.0 Å². The van der Waals surface area contributed by atoms with Crippen LogP contribution >= 0.6 is 0 Å². The van der Waals surface area contributed by atoms with Crippen LogP contribution in [0.3, 0.4) is 0 Å². The van der Waals surface area contributed by atoms with Crippen LogP contribution in [0.5, 0.6) is 5.75 Å². The highest BCUT2D eigenvalue weighted by Crippen LogP contribution is 2.21. The zero-order chi connectivity index (χ0) is 13.0. The number of hydrogen-bond acceptors (Lipinski definition) is 3. The molecule has 0 unspecified atom stereocenters. The number of nitrogens with one attached hydrogen (secondary N) is 1. The van der Waals surface area contributed by atoms with Crippen LogP contribution in [-0.4, -0.2) is 24.7 Å². The Morgan fingerprint density at radius 2 is 2.22 bits per heavy atom. The molecule has 0 aliphatic heterocycles. The van der Waals surface area contributed by atoms with Crippen LogP contribution in [0.4, 0.5) is 0 Å².